The van der Waals surface area contributed by atoms with Crippen LogP contribution in [0.15, 0.2) is 60.9 Å². The van der Waals surface area contributed by atoms with E-state index >= 15 is 0 Å². The highest BCUT2D eigenvalue weighted by atomic mass is 19.1. The molecule has 6 nitrogen and oxygen atoms in total. The molecule has 1 saturated heterocycles. The van der Waals surface area contributed by atoms with Gasteiger partial charge in [0, 0.05) is 62.1 Å². The summed E-state index contributed by atoms with van der Waals surface area (Å²) in [6.45, 7) is 17.1. The Bertz CT molecular complexity index is 1190. The quantitative estimate of drug-likeness (QED) is 0.651. The predicted octanol–water partition coefficient (Wildman–Crippen LogP) is 4.35. The largest absolute Gasteiger partial charge is 0.367 e. The maximum Gasteiger partial charge on any atom is 0.255 e. The third kappa shape index (κ3) is 4.64. The number of pyridine rings is 1. The first-order valence-electron chi connectivity index (χ1n) is 11.4. The molecule has 0 saturated carbocycles. The fourth-order valence-corrected chi connectivity index (χ4v) is 4.62. The Morgan fingerprint density at radius 3 is 2.73 bits per heavy atom. The van der Waals surface area contributed by atoms with Gasteiger partial charge in [0.1, 0.15) is 0 Å². The zero-order valence-electron chi connectivity index (χ0n) is 20.0. The SMILES string of the molecule is C=C1C=CC(N2CCN(C(C)C)[C@@H](C)C2)=CN1C(=O)/C=C(\C)c1cc(F)c2nc(C)cn2c1. The molecule has 7 heteroatoms. The highest BCUT2D eigenvalue weighted by Crippen LogP contribution is 2.24. The molecule has 2 aliphatic rings. The highest BCUT2D eigenvalue weighted by Gasteiger charge is 2.27. The summed E-state index contributed by atoms with van der Waals surface area (Å²) in [5.74, 6) is -0.626. The first-order valence-corrected chi connectivity index (χ1v) is 11.4. The Hall–Kier alpha value is -3.19. The molecule has 2 aromatic rings. The van der Waals surface area contributed by atoms with Gasteiger partial charge in [-0.15, -0.1) is 0 Å². The number of halogens is 1. The van der Waals surface area contributed by atoms with Crippen LogP contribution in [0.4, 0.5) is 4.39 Å². The number of aryl methyl sites for hydroxylation is 1. The second-order valence-electron chi connectivity index (χ2n) is 9.23. The van der Waals surface area contributed by atoms with Gasteiger partial charge in [-0.2, -0.15) is 0 Å². The van der Waals surface area contributed by atoms with E-state index in [1.807, 2.05) is 32.2 Å². The van der Waals surface area contributed by atoms with Crippen molar-refractivity contribution in [3.63, 3.8) is 0 Å². The summed E-state index contributed by atoms with van der Waals surface area (Å²) in [5.41, 5.74) is 3.92. The predicted molar refractivity (Wildman–Crippen MR) is 130 cm³/mol. The lowest BCUT2D eigenvalue weighted by Crippen LogP contribution is -2.53. The van der Waals surface area contributed by atoms with Crippen LogP contribution < -0.4 is 0 Å². The summed E-state index contributed by atoms with van der Waals surface area (Å²) < 4.78 is 16.1. The van der Waals surface area contributed by atoms with Crippen molar-refractivity contribution >= 4 is 17.1 Å². The smallest absolute Gasteiger partial charge is 0.255 e. The van der Waals surface area contributed by atoms with Crippen molar-refractivity contribution < 1.29 is 9.18 Å². The number of carbonyl (C=O) groups is 1. The lowest BCUT2D eigenvalue weighted by atomic mass is 10.1. The van der Waals surface area contributed by atoms with Crippen LogP contribution in [0.1, 0.15) is 39.0 Å². The second-order valence-corrected chi connectivity index (χ2v) is 9.23. The Morgan fingerprint density at radius 1 is 1.27 bits per heavy atom. The number of carbonyl (C=O) groups excluding carboxylic acids is 1. The number of piperazine rings is 1. The number of nitrogens with zero attached hydrogens (tertiary/aromatic N) is 5. The molecular weight excluding hydrogens is 417 g/mol. The van der Waals surface area contributed by atoms with Gasteiger partial charge in [-0.25, -0.2) is 9.37 Å². The molecule has 1 atom stereocenters. The number of allylic oxidation sites excluding steroid dienone is 3. The minimum Gasteiger partial charge on any atom is -0.367 e. The van der Waals surface area contributed by atoms with E-state index in [0.29, 0.717) is 28.9 Å². The van der Waals surface area contributed by atoms with Gasteiger partial charge in [-0.1, -0.05) is 6.58 Å². The Kier molecular flexibility index (Phi) is 6.26. The zero-order valence-corrected chi connectivity index (χ0v) is 20.0. The molecule has 1 fully saturated rings. The minimum absolute atomic E-state index is 0.212. The van der Waals surface area contributed by atoms with Gasteiger partial charge in [0.25, 0.3) is 5.91 Å². The van der Waals surface area contributed by atoms with Crippen LogP contribution in [-0.4, -0.2) is 61.7 Å². The van der Waals surface area contributed by atoms with Crippen molar-refractivity contribution in [2.75, 3.05) is 19.6 Å². The number of imidazole rings is 1. The topological polar surface area (TPSA) is 44.1 Å². The molecule has 4 heterocycles. The number of hydrogen-bond donors (Lipinski definition) is 0. The van der Waals surface area contributed by atoms with E-state index in [0.717, 1.165) is 31.0 Å². The van der Waals surface area contributed by atoms with E-state index in [1.54, 1.807) is 21.7 Å². The molecule has 4 rings (SSSR count). The number of aromatic nitrogens is 2. The Balaban J connectivity index is 1.55. The van der Waals surface area contributed by atoms with Gasteiger partial charge in [-0.05, 0) is 64.0 Å². The Labute approximate surface area is 195 Å². The average molecular weight is 450 g/mol. The van der Waals surface area contributed by atoms with Crippen molar-refractivity contribution in [2.24, 2.45) is 0 Å². The van der Waals surface area contributed by atoms with E-state index in [4.69, 9.17) is 0 Å². The standard InChI is InChI=1S/C26H32FN5O/c1-17(2)31-10-9-29(14-21(31)6)23-8-7-20(5)32(16-23)25(33)11-18(3)22-12-24(27)26-28-19(4)13-30(26)15-22/h7-8,11-13,15-17,21H,5,9-10,14H2,1-4,6H3/b18-11+/t21-/m0/s1. The minimum atomic E-state index is -0.414. The number of hydrogen-bond acceptors (Lipinski definition) is 4. The summed E-state index contributed by atoms with van der Waals surface area (Å²) >= 11 is 0. The maximum absolute atomic E-state index is 14.5. The molecule has 0 aromatic carbocycles. The number of rotatable bonds is 4. The summed E-state index contributed by atoms with van der Waals surface area (Å²) in [6, 6.07) is 2.36. The molecule has 0 bridgehead atoms. The van der Waals surface area contributed by atoms with Gasteiger partial charge in [-0.3, -0.25) is 14.6 Å². The van der Waals surface area contributed by atoms with Crippen LogP contribution in [0.3, 0.4) is 0 Å². The van der Waals surface area contributed by atoms with Crippen molar-refractivity contribution in [3.8, 4) is 0 Å². The van der Waals surface area contributed by atoms with Gasteiger partial charge in [0.05, 0.1) is 11.4 Å². The maximum atomic E-state index is 14.5. The van der Waals surface area contributed by atoms with E-state index in [1.165, 1.54) is 12.1 Å². The van der Waals surface area contributed by atoms with Gasteiger partial charge < -0.3 is 9.30 Å². The lowest BCUT2D eigenvalue weighted by Gasteiger charge is -2.44. The van der Waals surface area contributed by atoms with E-state index in [9.17, 15) is 9.18 Å². The molecule has 0 aliphatic carbocycles. The van der Waals surface area contributed by atoms with E-state index in [-0.39, 0.29) is 11.6 Å². The van der Waals surface area contributed by atoms with E-state index < -0.39 is 5.82 Å². The highest BCUT2D eigenvalue weighted by molar-refractivity contribution is 5.97. The van der Waals surface area contributed by atoms with Crippen molar-refractivity contribution in [2.45, 2.75) is 46.7 Å². The lowest BCUT2D eigenvalue weighted by molar-refractivity contribution is -0.122. The van der Waals surface area contributed by atoms with Crippen molar-refractivity contribution in [3.05, 3.63) is 77.9 Å². The molecule has 174 valence electrons. The van der Waals surface area contributed by atoms with Crippen molar-refractivity contribution in [1.82, 2.24) is 24.1 Å². The third-order valence-electron chi connectivity index (χ3n) is 6.38. The summed E-state index contributed by atoms with van der Waals surface area (Å²) in [4.78, 5) is 23.7. The molecular formula is C26H32FN5O. The van der Waals surface area contributed by atoms with Crippen molar-refractivity contribution in [1.29, 1.82) is 0 Å². The monoisotopic (exact) mass is 449 g/mol. The summed E-state index contributed by atoms with van der Waals surface area (Å²) in [5, 5.41) is 0. The van der Waals surface area contributed by atoms with Crippen LogP contribution in [0.25, 0.3) is 11.2 Å². The number of fused-ring (bicyclic) bond motifs is 1. The molecule has 1 amide bonds. The summed E-state index contributed by atoms with van der Waals surface area (Å²) in [7, 11) is 0. The molecule has 33 heavy (non-hydrogen) atoms. The second kappa shape index (κ2) is 8.98. The summed E-state index contributed by atoms with van der Waals surface area (Å²) in [6.07, 6.45) is 10.8. The first-order chi connectivity index (χ1) is 15.6. The molecule has 0 unspecified atom stereocenters. The fraction of sp³-hybridized carbons (Fsp3) is 0.385. The van der Waals surface area contributed by atoms with Gasteiger partial charge >= 0.3 is 0 Å². The molecule has 2 aromatic heterocycles. The zero-order chi connectivity index (χ0) is 23.9. The van der Waals surface area contributed by atoms with Crippen LogP contribution in [0.2, 0.25) is 0 Å². The van der Waals surface area contributed by atoms with Crippen LogP contribution in [-0.2, 0) is 4.79 Å². The normalized spacial score (nSPS) is 20.2. The fourth-order valence-electron chi connectivity index (χ4n) is 4.62. The Morgan fingerprint density at radius 2 is 2.03 bits per heavy atom. The molecule has 0 spiro atoms. The van der Waals surface area contributed by atoms with Crippen LogP contribution >= 0.6 is 0 Å². The molecule has 0 N–H and O–H groups in total. The third-order valence-corrected chi connectivity index (χ3v) is 6.38. The molecule has 2 aliphatic heterocycles. The van der Waals surface area contributed by atoms with Gasteiger partial charge in [0.2, 0.25) is 0 Å². The number of amides is 1. The first kappa shape index (κ1) is 23.0. The molecule has 0 radical (unpaired) electrons. The average Bonchev–Trinajstić information content (AvgIpc) is 3.14. The van der Waals surface area contributed by atoms with Gasteiger partial charge in [0.15, 0.2) is 11.5 Å². The van der Waals surface area contributed by atoms with Crippen LogP contribution in [0, 0.1) is 12.7 Å². The van der Waals surface area contributed by atoms with Crippen LogP contribution in [0.5, 0.6) is 0 Å². The van der Waals surface area contributed by atoms with E-state index in [2.05, 4.69) is 42.1 Å².